The summed E-state index contributed by atoms with van der Waals surface area (Å²) in [5.41, 5.74) is 0. The van der Waals surface area contributed by atoms with Crippen molar-refractivity contribution in [2.75, 3.05) is 0 Å². The molecule has 0 bridgehead atoms. The zero-order valence-corrected chi connectivity index (χ0v) is 8.81. The first kappa shape index (κ1) is 10.6. The van der Waals surface area contributed by atoms with Crippen LogP contribution in [0.1, 0.15) is 52.4 Å². The van der Waals surface area contributed by atoms with Crippen molar-refractivity contribution in [2.24, 2.45) is 5.92 Å². The molecule has 2 nitrogen and oxygen atoms in total. The Labute approximate surface area is 81.1 Å². The van der Waals surface area contributed by atoms with Crippen molar-refractivity contribution >= 4 is 5.91 Å². The summed E-state index contributed by atoms with van der Waals surface area (Å²) in [6.45, 7) is 3.88. The van der Waals surface area contributed by atoms with Crippen LogP contribution in [0.15, 0.2) is 0 Å². The van der Waals surface area contributed by atoms with Crippen LogP contribution in [-0.2, 0) is 4.79 Å². The smallest absolute Gasteiger partial charge is 0.217 e. The van der Waals surface area contributed by atoms with Crippen LogP contribution in [-0.4, -0.2) is 11.9 Å². The standard InChI is InChI=1S/C11H21NO/c1-3-10-5-4-6-11(8-7-10)12-9(2)13/h10-11H,3-8H2,1-2H3,(H,12,13). The van der Waals surface area contributed by atoms with E-state index in [1.165, 1.54) is 38.5 Å². The number of hydrogen-bond donors (Lipinski definition) is 1. The van der Waals surface area contributed by atoms with Gasteiger partial charge in [0, 0.05) is 13.0 Å². The molecule has 1 aliphatic rings. The molecular weight excluding hydrogens is 162 g/mol. The monoisotopic (exact) mass is 183 g/mol. The Balaban J connectivity index is 2.31. The van der Waals surface area contributed by atoms with Gasteiger partial charge >= 0.3 is 0 Å². The molecule has 0 aliphatic heterocycles. The third kappa shape index (κ3) is 3.79. The molecule has 13 heavy (non-hydrogen) atoms. The van der Waals surface area contributed by atoms with Gasteiger partial charge in [0.15, 0.2) is 0 Å². The second-order valence-corrected chi connectivity index (χ2v) is 4.18. The number of carbonyl (C=O) groups excluding carboxylic acids is 1. The van der Waals surface area contributed by atoms with Crippen molar-refractivity contribution in [2.45, 2.75) is 58.4 Å². The van der Waals surface area contributed by atoms with Gasteiger partial charge < -0.3 is 5.32 Å². The third-order valence-electron chi connectivity index (χ3n) is 3.07. The predicted molar refractivity (Wildman–Crippen MR) is 54.5 cm³/mol. The van der Waals surface area contributed by atoms with Crippen LogP contribution in [0, 0.1) is 5.92 Å². The van der Waals surface area contributed by atoms with Gasteiger partial charge in [-0.05, 0) is 25.2 Å². The van der Waals surface area contributed by atoms with E-state index in [4.69, 9.17) is 0 Å². The van der Waals surface area contributed by atoms with Crippen molar-refractivity contribution in [3.8, 4) is 0 Å². The van der Waals surface area contributed by atoms with Crippen molar-refractivity contribution in [1.29, 1.82) is 0 Å². The van der Waals surface area contributed by atoms with E-state index in [1.807, 2.05) is 0 Å². The van der Waals surface area contributed by atoms with Crippen molar-refractivity contribution < 1.29 is 4.79 Å². The SMILES string of the molecule is CCC1CCCC(NC(C)=O)CC1. The normalized spacial score (nSPS) is 29.4. The van der Waals surface area contributed by atoms with Crippen LogP contribution in [0.5, 0.6) is 0 Å². The number of amides is 1. The largest absolute Gasteiger partial charge is 0.354 e. The zero-order valence-electron chi connectivity index (χ0n) is 8.81. The molecular formula is C11H21NO. The topological polar surface area (TPSA) is 29.1 Å². The van der Waals surface area contributed by atoms with E-state index in [1.54, 1.807) is 6.92 Å². The van der Waals surface area contributed by atoms with Crippen molar-refractivity contribution in [3.05, 3.63) is 0 Å². The summed E-state index contributed by atoms with van der Waals surface area (Å²) < 4.78 is 0. The highest BCUT2D eigenvalue weighted by molar-refractivity contribution is 5.73. The molecule has 0 aromatic rings. The second kappa shape index (κ2) is 5.25. The van der Waals surface area contributed by atoms with Gasteiger partial charge in [-0.15, -0.1) is 0 Å². The lowest BCUT2D eigenvalue weighted by Gasteiger charge is -2.14. The van der Waals surface area contributed by atoms with E-state index in [2.05, 4.69) is 12.2 Å². The van der Waals surface area contributed by atoms with E-state index >= 15 is 0 Å². The Morgan fingerprint density at radius 3 is 2.69 bits per heavy atom. The second-order valence-electron chi connectivity index (χ2n) is 4.18. The molecule has 0 aromatic heterocycles. The van der Waals surface area contributed by atoms with Crippen LogP contribution < -0.4 is 5.32 Å². The van der Waals surface area contributed by atoms with E-state index < -0.39 is 0 Å². The number of rotatable bonds is 2. The first-order valence-electron chi connectivity index (χ1n) is 5.49. The summed E-state index contributed by atoms with van der Waals surface area (Å²) in [4.78, 5) is 10.9. The molecule has 76 valence electrons. The van der Waals surface area contributed by atoms with Gasteiger partial charge in [0.2, 0.25) is 5.91 Å². The first-order chi connectivity index (χ1) is 6.22. The molecule has 0 saturated heterocycles. The summed E-state index contributed by atoms with van der Waals surface area (Å²) >= 11 is 0. The average molecular weight is 183 g/mol. The Bertz CT molecular complexity index is 167. The van der Waals surface area contributed by atoms with Gasteiger partial charge in [-0.25, -0.2) is 0 Å². The van der Waals surface area contributed by atoms with Crippen LogP contribution >= 0.6 is 0 Å². The molecule has 1 aliphatic carbocycles. The Morgan fingerprint density at radius 2 is 2.08 bits per heavy atom. The van der Waals surface area contributed by atoms with Crippen LogP contribution in [0.3, 0.4) is 0 Å². The van der Waals surface area contributed by atoms with Gasteiger partial charge in [-0.2, -0.15) is 0 Å². The van der Waals surface area contributed by atoms with Crippen LogP contribution in [0.4, 0.5) is 0 Å². The first-order valence-corrected chi connectivity index (χ1v) is 5.49. The van der Waals surface area contributed by atoms with Crippen LogP contribution in [0.25, 0.3) is 0 Å². The van der Waals surface area contributed by atoms with E-state index in [9.17, 15) is 4.79 Å². The molecule has 0 heterocycles. The van der Waals surface area contributed by atoms with Gasteiger partial charge in [0.05, 0.1) is 0 Å². The molecule has 0 aromatic carbocycles. The maximum Gasteiger partial charge on any atom is 0.217 e. The molecule has 0 spiro atoms. The number of nitrogens with one attached hydrogen (secondary N) is 1. The van der Waals surface area contributed by atoms with Gasteiger partial charge in [0.25, 0.3) is 0 Å². The van der Waals surface area contributed by atoms with Crippen molar-refractivity contribution in [3.63, 3.8) is 0 Å². The molecule has 2 atom stereocenters. The minimum Gasteiger partial charge on any atom is -0.354 e. The fraction of sp³-hybridized carbons (Fsp3) is 0.909. The molecule has 1 rings (SSSR count). The highest BCUT2D eigenvalue weighted by atomic mass is 16.1. The van der Waals surface area contributed by atoms with Crippen molar-refractivity contribution in [1.82, 2.24) is 5.32 Å². The zero-order chi connectivity index (χ0) is 9.68. The molecule has 1 N–H and O–H groups in total. The maximum absolute atomic E-state index is 10.9. The summed E-state index contributed by atoms with van der Waals surface area (Å²) in [7, 11) is 0. The predicted octanol–water partition coefficient (Wildman–Crippen LogP) is 2.48. The molecule has 2 heteroatoms. The molecule has 2 unspecified atom stereocenters. The highest BCUT2D eigenvalue weighted by Gasteiger charge is 2.17. The number of hydrogen-bond acceptors (Lipinski definition) is 1. The lowest BCUT2D eigenvalue weighted by molar-refractivity contribution is -0.119. The highest BCUT2D eigenvalue weighted by Crippen LogP contribution is 2.25. The maximum atomic E-state index is 10.9. The fourth-order valence-electron chi connectivity index (χ4n) is 2.22. The van der Waals surface area contributed by atoms with Crippen LogP contribution in [0.2, 0.25) is 0 Å². The molecule has 1 saturated carbocycles. The number of carbonyl (C=O) groups is 1. The quantitative estimate of drug-likeness (QED) is 0.655. The molecule has 1 amide bonds. The van der Waals surface area contributed by atoms with Gasteiger partial charge in [-0.1, -0.05) is 26.2 Å². The van der Waals surface area contributed by atoms with Gasteiger partial charge in [-0.3, -0.25) is 4.79 Å². The summed E-state index contributed by atoms with van der Waals surface area (Å²) in [5, 5.41) is 3.03. The van der Waals surface area contributed by atoms with Gasteiger partial charge in [0.1, 0.15) is 0 Å². The Kier molecular flexibility index (Phi) is 4.26. The molecule has 0 radical (unpaired) electrons. The fourth-order valence-corrected chi connectivity index (χ4v) is 2.22. The van der Waals surface area contributed by atoms with E-state index in [0.29, 0.717) is 6.04 Å². The summed E-state index contributed by atoms with van der Waals surface area (Å²) in [6.07, 6.45) is 7.58. The lowest BCUT2D eigenvalue weighted by atomic mass is 9.98. The molecule has 1 fully saturated rings. The van der Waals surface area contributed by atoms with E-state index in [-0.39, 0.29) is 5.91 Å². The van der Waals surface area contributed by atoms with E-state index in [0.717, 1.165) is 5.92 Å². The summed E-state index contributed by atoms with van der Waals surface area (Å²) in [5.74, 6) is 1.03. The Hall–Kier alpha value is -0.530. The minimum atomic E-state index is 0.125. The average Bonchev–Trinajstić information content (AvgIpc) is 2.29. The Morgan fingerprint density at radius 1 is 1.31 bits per heavy atom. The third-order valence-corrected chi connectivity index (χ3v) is 3.07. The minimum absolute atomic E-state index is 0.125. The summed E-state index contributed by atoms with van der Waals surface area (Å²) in [6, 6.07) is 0.453. The lowest BCUT2D eigenvalue weighted by Crippen LogP contribution is -2.32.